The van der Waals surface area contributed by atoms with E-state index in [2.05, 4.69) is 20.7 Å². The molecule has 1 aliphatic rings. The van der Waals surface area contributed by atoms with Crippen molar-refractivity contribution in [2.24, 2.45) is 0 Å². The number of carbonyl (C=O) groups excluding carboxylic acids is 2. The molecule has 0 radical (unpaired) electrons. The molecule has 0 fully saturated rings. The van der Waals surface area contributed by atoms with Gasteiger partial charge in [0.1, 0.15) is 11.9 Å². The van der Waals surface area contributed by atoms with Crippen LogP contribution in [0.2, 0.25) is 0 Å². The summed E-state index contributed by atoms with van der Waals surface area (Å²) in [5.74, 6) is -0.0183. The van der Waals surface area contributed by atoms with Crippen LogP contribution in [0.5, 0.6) is 0 Å². The number of nitrogens with zero attached hydrogens (tertiary/aromatic N) is 4. The van der Waals surface area contributed by atoms with Crippen LogP contribution >= 0.6 is 0 Å². The number of aryl methyl sites for hydroxylation is 2. The Hall–Kier alpha value is -3.30. The summed E-state index contributed by atoms with van der Waals surface area (Å²) in [5.41, 5.74) is 0.710. The molecule has 1 aromatic carbocycles. The van der Waals surface area contributed by atoms with Crippen LogP contribution in [0.15, 0.2) is 18.2 Å². The number of amides is 2. The Kier molecular flexibility index (Phi) is 3.72. The SMILES string of the molecule is Cc1nc2n(n1)C(CC(=O)Nc1ccc(C)c([N+](=O)[O-])c1)C(=O)N2. The van der Waals surface area contributed by atoms with Gasteiger partial charge in [-0.25, -0.2) is 4.68 Å². The third kappa shape index (κ3) is 2.81. The molecule has 1 aromatic heterocycles. The van der Waals surface area contributed by atoms with Crippen LogP contribution in [0.3, 0.4) is 0 Å². The molecule has 1 atom stereocenters. The van der Waals surface area contributed by atoms with Crippen LogP contribution in [0, 0.1) is 24.0 Å². The van der Waals surface area contributed by atoms with E-state index in [1.807, 2.05) is 0 Å². The molecule has 3 rings (SSSR count). The quantitative estimate of drug-likeness (QED) is 0.642. The fourth-order valence-corrected chi connectivity index (χ4v) is 2.49. The fraction of sp³-hybridized carbons (Fsp3) is 0.286. The number of aromatic nitrogens is 3. The summed E-state index contributed by atoms with van der Waals surface area (Å²) in [4.78, 5) is 38.5. The first-order valence-corrected chi connectivity index (χ1v) is 7.14. The highest BCUT2D eigenvalue weighted by atomic mass is 16.6. The third-order valence-corrected chi connectivity index (χ3v) is 3.64. The zero-order chi connectivity index (χ0) is 17.4. The first-order chi connectivity index (χ1) is 11.3. The molecule has 2 heterocycles. The van der Waals surface area contributed by atoms with Crippen molar-refractivity contribution < 1.29 is 14.5 Å². The summed E-state index contributed by atoms with van der Waals surface area (Å²) in [6, 6.07) is 3.61. The van der Waals surface area contributed by atoms with Gasteiger partial charge in [-0.2, -0.15) is 10.1 Å². The Morgan fingerprint density at radius 1 is 1.46 bits per heavy atom. The van der Waals surface area contributed by atoms with Crippen LogP contribution in [-0.2, 0) is 9.59 Å². The van der Waals surface area contributed by atoms with E-state index < -0.39 is 16.9 Å². The maximum atomic E-state index is 12.2. The summed E-state index contributed by atoms with van der Waals surface area (Å²) in [6.45, 7) is 3.29. The van der Waals surface area contributed by atoms with E-state index in [1.54, 1.807) is 26.0 Å². The highest BCUT2D eigenvalue weighted by molar-refractivity contribution is 6.01. The van der Waals surface area contributed by atoms with Gasteiger partial charge in [0.15, 0.2) is 0 Å². The molecule has 24 heavy (non-hydrogen) atoms. The van der Waals surface area contributed by atoms with Crippen molar-refractivity contribution in [3.05, 3.63) is 39.7 Å². The van der Waals surface area contributed by atoms with Crippen LogP contribution < -0.4 is 10.6 Å². The maximum Gasteiger partial charge on any atom is 0.274 e. The molecule has 2 amide bonds. The summed E-state index contributed by atoms with van der Waals surface area (Å²) >= 11 is 0. The highest BCUT2D eigenvalue weighted by Gasteiger charge is 2.34. The van der Waals surface area contributed by atoms with Gasteiger partial charge in [0, 0.05) is 17.3 Å². The molecule has 2 aromatic rings. The fourth-order valence-electron chi connectivity index (χ4n) is 2.49. The van der Waals surface area contributed by atoms with Crippen molar-refractivity contribution >= 4 is 29.1 Å². The lowest BCUT2D eigenvalue weighted by atomic mass is 10.1. The summed E-state index contributed by atoms with van der Waals surface area (Å²) in [6.07, 6.45) is -0.149. The van der Waals surface area contributed by atoms with Crippen molar-refractivity contribution in [3.8, 4) is 0 Å². The number of nitro groups is 1. The second-order valence-electron chi connectivity index (χ2n) is 5.44. The van der Waals surface area contributed by atoms with Crippen molar-refractivity contribution in [1.29, 1.82) is 0 Å². The van der Waals surface area contributed by atoms with E-state index in [4.69, 9.17) is 0 Å². The van der Waals surface area contributed by atoms with Gasteiger partial charge in [0.25, 0.3) is 11.6 Å². The molecule has 0 bridgehead atoms. The van der Waals surface area contributed by atoms with Gasteiger partial charge in [-0.15, -0.1) is 0 Å². The van der Waals surface area contributed by atoms with Crippen LogP contribution in [0.25, 0.3) is 0 Å². The first kappa shape index (κ1) is 15.6. The normalized spacial score (nSPS) is 15.8. The average Bonchev–Trinajstić information content (AvgIpc) is 2.98. The Bertz CT molecular complexity index is 859. The van der Waals surface area contributed by atoms with Gasteiger partial charge >= 0.3 is 0 Å². The molecule has 0 saturated carbocycles. The number of carbonyl (C=O) groups is 2. The number of fused-ring (bicyclic) bond motifs is 1. The number of benzene rings is 1. The molecular weight excluding hydrogens is 316 g/mol. The summed E-state index contributed by atoms with van der Waals surface area (Å²) < 4.78 is 1.37. The minimum Gasteiger partial charge on any atom is -0.326 e. The third-order valence-electron chi connectivity index (χ3n) is 3.64. The Morgan fingerprint density at radius 3 is 2.92 bits per heavy atom. The first-order valence-electron chi connectivity index (χ1n) is 7.14. The Balaban J connectivity index is 1.73. The predicted octanol–water partition coefficient (Wildman–Crippen LogP) is 1.33. The average molecular weight is 330 g/mol. The molecule has 0 aliphatic carbocycles. The van der Waals surface area contributed by atoms with Crippen molar-refractivity contribution in [2.75, 3.05) is 10.6 Å². The lowest BCUT2D eigenvalue weighted by Crippen LogP contribution is -2.23. The van der Waals surface area contributed by atoms with Gasteiger partial charge in [-0.05, 0) is 19.9 Å². The van der Waals surface area contributed by atoms with Gasteiger partial charge < -0.3 is 5.32 Å². The smallest absolute Gasteiger partial charge is 0.274 e. The molecule has 124 valence electrons. The standard InChI is InChI=1S/C14H14N6O4/c1-7-3-4-9(5-10(7)20(23)24)16-12(21)6-11-13(22)17-14-15-8(2)18-19(11)14/h3-5,11H,6H2,1-2H3,(H,16,21)(H,15,17,18,22). The molecule has 1 aliphatic heterocycles. The second-order valence-corrected chi connectivity index (χ2v) is 5.44. The van der Waals surface area contributed by atoms with Crippen LogP contribution in [-0.4, -0.2) is 31.5 Å². The largest absolute Gasteiger partial charge is 0.326 e. The number of nitrogens with one attached hydrogen (secondary N) is 2. The van der Waals surface area contributed by atoms with E-state index in [-0.39, 0.29) is 18.0 Å². The maximum absolute atomic E-state index is 12.2. The van der Waals surface area contributed by atoms with E-state index >= 15 is 0 Å². The molecule has 0 saturated heterocycles. The monoisotopic (exact) mass is 330 g/mol. The number of nitro benzene ring substituents is 1. The Labute approximate surface area is 136 Å². The molecule has 10 nitrogen and oxygen atoms in total. The number of anilines is 2. The lowest BCUT2D eigenvalue weighted by molar-refractivity contribution is -0.385. The van der Waals surface area contributed by atoms with Gasteiger partial charge in [0.2, 0.25) is 11.9 Å². The van der Waals surface area contributed by atoms with Crippen molar-refractivity contribution in [1.82, 2.24) is 14.8 Å². The van der Waals surface area contributed by atoms with Gasteiger partial charge in [-0.3, -0.25) is 25.0 Å². The number of hydrogen-bond acceptors (Lipinski definition) is 6. The van der Waals surface area contributed by atoms with Crippen LogP contribution in [0.1, 0.15) is 23.9 Å². The molecule has 2 N–H and O–H groups in total. The minimum atomic E-state index is -0.790. The minimum absolute atomic E-state index is 0.0828. The molecule has 10 heteroatoms. The lowest BCUT2D eigenvalue weighted by Gasteiger charge is -2.10. The molecular formula is C14H14N6O4. The summed E-state index contributed by atoms with van der Waals surface area (Å²) in [7, 11) is 0. The van der Waals surface area contributed by atoms with Crippen molar-refractivity contribution in [2.45, 2.75) is 26.3 Å². The van der Waals surface area contributed by atoms with Crippen LogP contribution in [0.4, 0.5) is 17.3 Å². The highest BCUT2D eigenvalue weighted by Crippen LogP contribution is 2.26. The molecule has 0 spiro atoms. The second kappa shape index (κ2) is 5.72. The van der Waals surface area contributed by atoms with Gasteiger partial charge in [-0.1, -0.05) is 6.07 Å². The van der Waals surface area contributed by atoms with E-state index in [0.717, 1.165) is 0 Å². The topological polar surface area (TPSA) is 132 Å². The Morgan fingerprint density at radius 2 is 2.21 bits per heavy atom. The zero-order valence-electron chi connectivity index (χ0n) is 12.9. The molecule has 1 unspecified atom stereocenters. The van der Waals surface area contributed by atoms with E-state index in [1.165, 1.54) is 10.7 Å². The number of rotatable bonds is 4. The number of hydrogen-bond donors (Lipinski definition) is 2. The van der Waals surface area contributed by atoms with Crippen molar-refractivity contribution in [3.63, 3.8) is 0 Å². The van der Waals surface area contributed by atoms with Gasteiger partial charge in [0.05, 0.1) is 11.3 Å². The van der Waals surface area contributed by atoms with E-state index in [0.29, 0.717) is 23.0 Å². The van der Waals surface area contributed by atoms with E-state index in [9.17, 15) is 19.7 Å². The summed E-state index contributed by atoms with van der Waals surface area (Å²) in [5, 5.41) is 20.1. The zero-order valence-corrected chi connectivity index (χ0v) is 12.9. The predicted molar refractivity (Wildman–Crippen MR) is 83.5 cm³/mol.